The number of amides is 2. The van der Waals surface area contributed by atoms with Gasteiger partial charge in [-0.05, 0) is 47.4 Å². The Morgan fingerprint density at radius 1 is 1.09 bits per heavy atom. The Morgan fingerprint density at radius 2 is 1.69 bits per heavy atom. The molecular weight excluding hydrogens is 444 g/mol. The average Bonchev–Trinajstić information content (AvgIpc) is 3.42. The van der Waals surface area contributed by atoms with Crippen molar-refractivity contribution in [2.45, 2.75) is 52.0 Å². The van der Waals surface area contributed by atoms with Gasteiger partial charge in [-0.3, -0.25) is 9.59 Å². The molecule has 1 fully saturated rings. The van der Waals surface area contributed by atoms with Gasteiger partial charge in [0.15, 0.2) is 0 Å². The van der Waals surface area contributed by atoms with Gasteiger partial charge >= 0.3 is 12.1 Å². The SMILES string of the molecule is CCC1(C(=O)O)CCN(C(=O)C(CC(C)C)NC(=O)OCC2c3ccccc3-c3ccccc32)C1. The molecule has 0 radical (unpaired) electrons. The highest BCUT2D eigenvalue weighted by Gasteiger charge is 2.46. The summed E-state index contributed by atoms with van der Waals surface area (Å²) in [5, 5.41) is 12.5. The van der Waals surface area contributed by atoms with Crippen molar-refractivity contribution in [3.63, 3.8) is 0 Å². The van der Waals surface area contributed by atoms with Crippen LogP contribution in [0.4, 0.5) is 4.79 Å². The molecule has 35 heavy (non-hydrogen) atoms. The number of hydrogen-bond acceptors (Lipinski definition) is 4. The largest absolute Gasteiger partial charge is 0.481 e. The van der Waals surface area contributed by atoms with E-state index in [0.717, 1.165) is 22.3 Å². The van der Waals surface area contributed by atoms with E-state index >= 15 is 0 Å². The molecule has 0 spiro atoms. The summed E-state index contributed by atoms with van der Waals surface area (Å²) in [6.07, 6.45) is 0.696. The van der Waals surface area contributed by atoms with Crippen LogP contribution in [-0.4, -0.2) is 53.7 Å². The van der Waals surface area contributed by atoms with E-state index in [4.69, 9.17) is 4.74 Å². The van der Waals surface area contributed by atoms with Gasteiger partial charge in [-0.1, -0.05) is 69.3 Å². The normalized spacial score (nSPS) is 19.8. The maximum absolute atomic E-state index is 13.3. The Labute approximate surface area is 206 Å². The third-order valence-electron chi connectivity index (χ3n) is 7.44. The number of likely N-dealkylation sites (tertiary alicyclic amines) is 1. The van der Waals surface area contributed by atoms with Gasteiger partial charge in [0.2, 0.25) is 5.91 Å². The van der Waals surface area contributed by atoms with Crippen LogP contribution in [0, 0.1) is 11.3 Å². The van der Waals surface area contributed by atoms with Crippen LogP contribution in [0.1, 0.15) is 57.1 Å². The first-order chi connectivity index (χ1) is 16.8. The van der Waals surface area contributed by atoms with Gasteiger partial charge in [0, 0.05) is 19.0 Å². The molecule has 7 heteroatoms. The summed E-state index contributed by atoms with van der Waals surface area (Å²) in [5.41, 5.74) is 3.63. The number of benzene rings is 2. The highest BCUT2D eigenvalue weighted by atomic mass is 16.5. The average molecular weight is 479 g/mol. The minimum Gasteiger partial charge on any atom is -0.481 e. The lowest BCUT2D eigenvalue weighted by atomic mass is 9.84. The molecule has 2 amide bonds. The van der Waals surface area contributed by atoms with Gasteiger partial charge in [0.1, 0.15) is 12.6 Å². The maximum Gasteiger partial charge on any atom is 0.407 e. The van der Waals surface area contributed by atoms with Gasteiger partial charge in [-0.25, -0.2) is 4.79 Å². The van der Waals surface area contributed by atoms with Gasteiger partial charge in [0.05, 0.1) is 5.41 Å². The topological polar surface area (TPSA) is 95.9 Å². The zero-order valence-electron chi connectivity index (χ0n) is 20.6. The first kappa shape index (κ1) is 24.8. The molecule has 7 nitrogen and oxygen atoms in total. The number of alkyl carbamates (subject to hydrolysis) is 1. The quantitative estimate of drug-likeness (QED) is 0.576. The number of carboxylic acid groups (broad SMARTS) is 1. The monoisotopic (exact) mass is 478 g/mol. The Hall–Kier alpha value is -3.35. The molecule has 2 aromatic carbocycles. The minimum atomic E-state index is -0.915. The lowest BCUT2D eigenvalue weighted by Gasteiger charge is -2.27. The predicted molar refractivity (Wildman–Crippen MR) is 133 cm³/mol. The number of ether oxygens (including phenoxy) is 1. The molecule has 1 heterocycles. The molecule has 0 bridgehead atoms. The van der Waals surface area contributed by atoms with Crippen LogP contribution in [0.15, 0.2) is 48.5 Å². The summed E-state index contributed by atoms with van der Waals surface area (Å²) < 4.78 is 5.65. The Kier molecular flexibility index (Phi) is 7.15. The van der Waals surface area contributed by atoms with E-state index in [-0.39, 0.29) is 30.9 Å². The van der Waals surface area contributed by atoms with Gasteiger partial charge in [-0.15, -0.1) is 0 Å². The van der Waals surface area contributed by atoms with Crippen LogP contribution in [0.25, 0.3) is 11.1 Å². The van der Waals surface area contributed by atoms with Crippen LogP contribution in [0.2, 0.25) is 0 Å². The number of nitrogens with zero attached hydrogens (tertiary/aromatic N) is 1. The Morgan fingerprint density at radius 3 is 2.20 bits per heavy atom. The molecule has 2 atom stereocenters. The second-order valence-electron chi connectivity index (χ2n) is 10.1. The number of carbonyl (C=O) groups excluding carboxylic acids is 2. The number of rotatable bonds is 8. The fraction of sp³-hybridized carbons (Fsp3) is 0.464. The highest BCUT2D eigenvalue weighted by Crippen LogP contribution is 2.44. The predicted octanol–water partition coefficient (Wildman–Crippen LogP) is 4.65. The van der Waals surface area contributed by atoms with E-state index in [1.165, 1.54) is 0 Å². The molecule has 2 N–H and O–H groups in total. The summed E-state index contributed by atoms with van der Waals surface area (Å²) in [6, 6.07) is 15.5. The van der Waals surface area contributed by atoms with Crippen molar-refractivity contribution in [3.05, 3.63) is 59.7 Å². The lowest BCUT2D eigenvalue weighted by molar-refractivity contribution is -0.148. The summed E-state index contributed by atoms with van der Waals surface area (Å²) in [6.45, 7) is 6.51. The summed E-state index contributed by atoms with van der Waals surface area (Å²) >= 11 is 0. The zero-order chi connectivity index (χ0) is 25.2. The molecular formula is C28H34N2O5. The summed E-state index contributed by atoms with van der Waals surface area (Å²) in [4.78, 5) is 39.5. The first-order valence-electron chi connectivity index (χ1n) is 12.4. The maximum atomic E-state index is 13.3. The molecule has 0 saturated carbocycles. The highest BCUT2D eigenvalue weighted by molar-refractivity contribution is 5.87. The number of nitrogens with one attached hydrogen (secondary N) is 1. The zero-order valence-corrected chi connectivity index (χ0v) is 20.6. The van der Waals surface area contributed by atoms with Crippen molar-refractivity contribution in [1.29, 1.82) is 0 Å². The van der Waals surface area contributed by atoms with Crippen molar-refractivity contribution in [2.75, 3.05) is 19.7 Å². The van der Waals surface area contributed by atoms with Crippen molar-refractivity contribution in [3.8, 4) is 11.1 Å². The molecule has 2 aliphatic rings. The molecule has 1 aliphatic heterocycles. The molecule has 1 saturated heterocycles. The third-order valence-corrected chi connectivity index (χ3v) is 7.44. The van der Waals surface area contributed by atoms with Gasteiger partial charge < -0.3 is 20.1 Å². The van der Waals surface area contributed by atoms with E-state index in [1.54, 1.807) is 4.90 Å². The van der Waals surface area contributed by atoms with Crippen molar-refractivity contribution in [2.24, 2.45) is 11.3 Å². The fourth-order valence-corrected chi connectivity index (χ4v) is 5.37. The van der Waals surface area contributed by atoms with Crippen molar-refractivity contribution < 1.29 is 24.2 Å². The van der Waals surface area contributed by atoms with E-state index in [2.05, 4.69) is 29.6 Å². The smallest absolute Gasteiger partial charge is 0.407 e. The van der Waals surface area contributed by atoms with Crippen molar-refractivity contribution >= 4 is 18.0 Å². The molecule has 2 aromatic rings. The van der Waals surface area contributed by atoms with E-state index in [1.807, 2.05) is 45.0 Å². The Balaban J connectivity index is 1.43. The number of hydrogen-bond donors (Lipinski definition) is 2. The third kappa shape index (κ3) is 4.90. The van der Waals surface area contributed by atoms with Crippen molar-refractivity contribution in [1.82, 2.24) is 10.2 Å². The van der Waals surface area contributed by atoms with Gasteiger partial charge in [0.25, 0.3) is 0 Å². The van der Waals surface area contributed by atoms with Crippen LogP contribution in [-0.2, 0) is 14.3 Å². The second kappa shape index (κ2) is 10.1. The molecule has 2 unspecified atom stereocenters. The Bertz CT molecular complexity index is 1070. The summed E-state index contributed by atoms with van der Waals surface area (Å²) in [7, 11) is 0. The standard InChI is InChI=1S/C28H34N2O5/c1-4-28(26(32)33)13-14-30(17-28)25(31)24(15-18(2)3)29-27(34)35-16-23-21-11-7-5-9-19(21)20-10-6-8-12-22(20)23/h5-12,18,23-24H,4,13-17H2,1-3H3,(H,29,34)(H,32,33). The number of fused-ring (bicyclic) bond motifs is 3. The summed E-state index contributed by atoms with van der Waals surface area (Å²) in [5.74, 6) is -1.02. The second-order valence-corrected chi connectivity index (χ2v) is 10.1. The van der Waals surface area contributed by atoms with Crippen LogP contribution < -0.4 is 5.32 Å². The molecule has 186 valence electrons. The fourth-order valence-electron chi connectivity index (χ4n) is 5.37. The molecule has 1 aliphatic carbocycles. The number of carbonyl (C=O) groups is 3. The van der Waals surface area contributed by atoms with Gasteiger partial charge in [-0.2, -0.15) is 0 Å². The lowest BCUT2D eigenvalue weighted by Crippen LogP contribution is -2.49. The number of aliphatic carboxylic acids is 1. The van der Waals surface area contributed by atoms with Crippen LogP contribution in [0.5, 0.6) is 0 Å². The van der Waals surface area contributed by atoms with E-state index < -0.39 is 23.5 Å². The van der Waals surface area contributed by atoms with E-state index in [0.29, 0.717) is 25.8 Å². The van der Waals surface area contributed by atoms with E-state index in [9.17, 15) is 19.5 Å². The van der Waals surface area contributed by atoms with Crippen LogP contribution >= 0.6 is 0 Å². The van der Waals surface area contributed by atoms with Crippen LogP contribution in [0.3, 0.4) is 0 Å². The molecule has 4 rings (SSSR count). The minimum absolute atomic E-state index is 0.0632. The molecule has 0 aromatic heterocycles. The number of carboxylic acids is 1. The first-order valence-corrected chi connectivity index (χ1v) is 12.4.